The van der Waals surface area contributed by atoms with Crippen molar-refractivity contribution in [1.82, 2.24) is 5.32 Å². The minimum Gasteiger partial charge on any atom is -0.316 e. The van der Waals surface area contributed by atoms with Crippen LogP contribution in [0.15, 0.2) is 36.4 Å². The van der Waals surface area contributed by atoms with Gasteiger partial charge >= 0.3 is 0 Å². The second kappa shape index (κ2) is 5.51. The molecule has 0 aromatic heterocycles. The molecule has 0 aliphatic heterocycles. The van der Waals surface area contributed by atoms with Crippen molar-refractivity contribution in [2.24, 2.45) is 0 Å². The summed E-state index contributed by atoms with van der Waals surface area (Å²) in [7, 11) is 1.89. The molecule has 2 aromatic rings. The van der Waals surface area contributed by atoms with Crippen LogP contribution in [0, 0.1) is 12.7 Å². The molecule has 0 bridgehead atoms. The van der Waals surface area contributed by atoms with Crippen LogP contribution in [0.4, 0.5) is 4.39 Å². The first-order valence-electron chi connectivity index (χ1n) is 5.81. The number of hydrogen-bond acceptors (Lipinski definition) is 1. The largest absolute Gasteiger partial charge is 0.316 e. The third kappa shape index (κ3) is 2.71. The van der Waals surface area contributed by atoms with Crippen LogP contribution in [0.25, 0.3) is 11.1 Å². The van der Waals surface area contributed by atoms with Crippen molar-refractivity contribution in [2.45, 2.75) is 13.5 Å². The van der Waals surface area contributed by atoms with E-state index in [0.29, 0.717) is 10.6 Å². The highest BCUT2D eigenvalue weighted by Gasteiger charge is 2.07. The summed E-state index contributed by atoms with van der Waals surface area (Å²) in [5.74, 6) is -0.178. The summed E-state index contributed by atoms with van der Waals surface area (Å²) < 4.78 is 13.3. The Balaban J connectivity index is 2.51. The molecular formula is C15H15ClFN. The van der Waals surface area contributed by atoms with E-state index in [0.717, 1.165) is 23.2 Å². The van der Waals surface area contributed by atoms with Gasteiger partial charge in [-0.2, -0.15) is 0 Å². The number of hydrogen-bond donors (Lipinski definition) is 1. The Morgan fingerprint density at radius 3 is 2.61 bits per heavy atom. The predicted molar refractivity (Wildman–Crippen MR) is 74.3 cm³/mol. The highest BCUT2D eigenvalue weighted by molar-refractivity contribution is 6.30. The van der Waals surface area contributed by atoms with Crippen molar-refractivity contribution in [3.8, 4) is 11.1 Å². The van der Waals surface area contributed by atoms with Gasteiger partial charge in [-0.3, -0.25) is 0 Å². The number of halogens is 2. The molecular weight excluding hydrogens is 249 g/mol. The lowest BCUT2D eigenvalue weighted by Gasteiger charge is -2.11. The van der Waals surface area contributed by atoms with E-state index in [9.17, 15) is 4.39 Å². The van der Waals surface area contributed by atoms with Crippen molar-refractivity contribution in [3.05, 3.63) is 58.4 Å². The van der Waals surface area contributed by atoms with Crippen LogP contribution >= 0.6 is 11.6 Å². The van der Waals surface area contributed by atoms with Crippen LogP contribution in [0.1, 0.15) is 11.1 Å². The van der Waals surface area contributed by atoms with Crippen LogP contribution in [-0.4, -0.2) is 7.05 Å². The molecule has 0 aliphatic carbocycles. The standard InChI is InChI=1S/C15H15ClFN/c1-10-7-11(3-6-15(10)17)14-5-4-13(16)8-12(14)9-18-2/h3-8,18H,9H2,1-2H3. The SMILES string of the molecule is CNCc1cc(Cl)ccc1-c1ccc(F)c(C)c1. The third-order valence-corrected chi connectivity index (χ3v) is 3.14. The van der Waals surface area contributed by atoms with Crippen LogP contribution < -0.4 is 5.32 Å². The summed E-state index contributed by atoms with van der Waals surface area (Å²) in [4.78, 5) is 0. The Labute approximate surface area is 112 Å². The van der Waals surface area contributed by atoms with Gasteiger partial charge in [-0.15, -0.1) is 0 Å². The summed E-state index contributed by atoms with van der Waals surface area (Å²) in [6.07, 6.45) is 0. The van der Waals surface area contributed by atoms with Gasteiger partial charge in [-0.25, -0.2) is 4.39 Å². The zero-order chi connectivity index (χ0) is 13.1. The number of rotatable bonds is 3. The third-order valence-electron chi connectivity index (χ3n) is 2.90. The number of nitrogens with one attached hydrogen (secondary N) is 1. The highest BCUT2D eigenvalue weighted by atomic mass is 35.5. The Bertz CT molecular complexity index is 566. The average molecular weight is 264 g/mol. The number of aryl methyl sites for hydroxylation is 1. The first kappa shape index (κ1) is 13.1. The molecule has 94 valence electrons. The van der Waals surface area contributed by atoms with E-state index in [1.54, 1.807) is 13.0 Å². The van der Waals surface area contributed by atoms with Crippen molar-refractivity contribution in [3.63, 3.8) is 0 Å². The molecule has 0 heterocycles. The lowest BCUT2D eigenvalue weighted by atomic mass is 9.98. The van der Waals surface area contributed by atoms with Gasteiger partial charge in [0.05, 0.1) is 0 Å². The number of benzene rings is 2. The van der Waals surface area contributed by atoms with Crippen LogP contribution in [0.2, 0.25) is 5.02 Å². The molecule has 0 spiro atoms. The highest BCUT2D eigenvalue weighted by Crippen LogP contribution is 2.27. The summed E-state index contributed by atoms with van der Waals surface area (Å²) in [5, 5.41) is 3.83. The van der Waals surface area contributed by atoms with E-state index < -0.39 is 0 Å². The van der Waals surface area contributed by atoms with E-state index in [1.165, 1.54) is 6.07 Å². The lowest BCUT2D eigenvalue weighted by Crippen LogP contribution is -2.06. The quantitative estimate of drug-likeness (QED) is 0.876. The molecule has 1 N–H and O–H groups in total. The van der Waals surface area contributed by atoms with Gasteiger partial charge in [0.2, 0.25) is 0 Å². The van der Waals surface area contributed by atoms with Crippen LogP contribution in [0.3, 0.4) is 0 Å². The van der Waals surface area contributed by atoms with E-state index >= 15 is 0 Å². The summed E-state index contributed by atoms with van der Waals surface area (Å²) in [5.41, 5.74) is 3.85. The fourth-order valence-corrected chi connectivity index (χ4v) is 2.19. The zero-order valence-electron chi connectivity index (χ0n) is 10.4. The van der Waals surface area contributed by atoms with Crippen LogP contribution in [0.5, 0.6) is 0 Å². The van der Waals surface area contributed by atoms with Gasteiger partial charge in [-0.05, 0) is 60.5 Å². The van der Waals surface area contributed by atoms with Gasteiger partial charge in [0.15, 0.2) is 0 Å². The second-order valence-electron chi connectivity index (χ2n) is 4.30. The van der Waals surface area contributed by atoms with E-state index in [1.807, 2.05) is 31.3 Å². The van der Waals surface area contributed by atoms with E-state index in [2.05, 4.69) is 5.32 Å². The van der Waals surface area contributed by atoms with E-state index in [4.69, 9.17) is 11.6 Å². The first-order valence-corrected chi connectivity index (χ1v) is 6.19. The molecule has 0 atom stereocenters. The minimum absolute atomic E-state index is 0.178. The maximum atomic E-state index is 13.3. The predicted octanol–water partition coefficient (Wildman–Crippen LogP) is 4.17. The lowest BCUT2D eigenvalue weighted by molar-refractivity contribution is 0.619. The molecule has 2 rings (SSSR count). The van der Waals surface area contributed by atoms with Gasteiger partial charge in [0.1, 0.15) is 5.82 Å². The Kier molecular flexibility index (Phi) is 4.00. The minimum atomic E-state index is -0.178. The fourth-order valence-electron chi connectivity index (χ4n) is 1.99. The maximum Gasteiger partial charge on any atom is 0.126 e. The average Bonchev–Trinajstić information content (AvgIpc) is 2.34. The first-order chi connectivity index (χ1) is 8.61. The van der Waals surface area contributed by atoms with Crippen molar-refractivity contribution in [2.75, 3.05) is 7.05 Å². The molecule has 0 saturated carbocycles. The van der Waals surface area contributed by atoms with Gasteiger partial charge < -0.3 is 5.32 Å². The second-order valence-corrected chi connectivity index (χ2v) is 4.73. The van der Waals surface area contributed by atoms with Crippen molar-refractivity contribution < 1.29 is 4.39 Å². The van der Waals surface area contributed by atoms with Gasteiger partial charge in [0.25, 0.3) is 0 Å². The Morgan fingerprint density at radius 2 is 1.94 bits per heavy atom. The summed E-state index contributed by atoms with van der Waals surface area (Å²) in [6, 6.07) is 10.9. The van der Waals surface area contributed by atoms with Crippen molar-refractivity contribution in [1.29, 1.82) is 0 Å². The zero-order valence-corrected chi connectivity index (χ0v) is 11.2. The van der Waals surface area contributed by atoms with Crippen molar-refractivity contribution >= 4 is 11.6 Å². The normalized spacial score (nSPS) is 10.7. The molecule has 0 aliphatic rings. The molecule has 3 heteroatoms. The molecule has 1 nitrogen and oxygen atoms in total. The molecule has 0 amide bonds. The summed E-state index contributed by atoms with van der Waals surface area (Å²) in [6.45, 7) is 2.50. The van der Waals surface area contributed by atoms with Gasteiger partial charge in [0, 0.05) is 11.6 Å². The fraction of sp³-hybridized carbons (Fsp3) is 0.200. The molecule has 2 aromatic carbocycles. The Morgan fingerprint density at radius 1 is 1.17 bits per heavy atom. The molecule has 0 unspecified atom stereocenters. The topological polar surface area (TPSA) is 12.0 Å². The van der Waals surface area contributed by atoms with Gasteiger partial charge in [-0.1, -0.05) is 23.7 Å². The molecule has 0 radical (unpaired) electrons. The molecule has 18 heavy (non-hydrogen) atoms. The molecule has 0 saturated heterocycles. The smallest absolute Gasteiger partial charge is 0.126 e. The van der Waals surface area contributed by atoms with E-state index in [-0.39, 0.29) is 5.82 Å². The monoisotopic (exact) mass is 263 g/mol. The van der Waals surface area contributed by atoms with Crippen LogP contribution in [-0.2, 0) is 6.54 Å². The summed E-state index contributed by atoms with van der Waals surface area (Å²) >= 11 is 6.01. The molecule has 0 fully saturated rings. The Hall–Kier alpha value is -1.38. The maximum absolute atomic E-state index is 13.3.